The largest absolute Gasteiger partial charge is 0.295 e. The van der Waals surface area contributed by atoms with E-state index in [1.165, 1.54) is 16.4 Å². The molecule has 3 rings (SSSR count). The number of allylic oxidation sites excluding steroid dienone is 1. The Morgan fingerprint density at radius 3 is 2.58 bits per heavy atom. The number of carbonyl (C=O) groups is 1. The fourth-order valence-corrected chi connectivity index (χ4v) is 5.51. The van der Waals surface area contributed by atoms with E-state index in [9.17, 15) is 13.2 Å². The predicted octanol–water partition coefficient (Wildman–Crippen LogP) is 3.32. The minimum atomic E-state index is -3.88. The molecule has 0 radical (unpaired) electrons. The van der Waals surface area contributed by atoms with E-state index < -0.39 is 46.4 Å². The number of ketones is 1. The van der Waals surface area contributed by atoms with Gasteiger partial charge in [0.25, 0.3) is 0 Å². The molecule has 0 aromatic heterocycles. The molecule has 0 amide bonds. The van der Waals surface area contributed by atoms with Gasteiger partial charge in [-0.05, 0) is 50.2 Å². The minimum absolute atomic E-state index is 0.0889. The minimum Gasteiger partial charge on any atom is -0.295 e. The molecule has 1 saturated heterocycles. The lowest BCUT2D eigenvalue weighted by Gasteiger charge is -2.48. The molecule has 1 heterocycles. The number of hydrogen-bond donors (Lipinski definition) is 0. The molecule has 130 valence electrons. The van der Waals surface area contributed by atoms with Crippen molar-refractivity contribution in [3.63, 3.8) is 0 Å². The molecule has 2 atom stereocenters. The standard InChI is InChI=1S/C19H25NO3S/c1-13(2)18-15-9-19(4,10-17(18)21)12-20(11-15)24(22,23)16-7-5-14(3)6-8-16/h5-8,15H,9-12H2,1-4H3/t15-,19+/m1/s1/i1D3,2D3. The van der Waals surface area contributed by atoms with Crippen molar-refractivity contribution < 1.29 is 21.4 Å². The summed E-state index contributed by atoms with van der Waals surface area (Å²) in [5.41, 5.74) is -0.847. The van der Waals surface area contributed by atoms with Crippen molar-refractivity contribution in [3.8, 4) is 0 Å². The van der Waals surface area contributed by atoms with Gasteiger partial charge in [-0.3, -0.25) is 4.79 Å². The fourth-order valence-electron chi connectivity index (χ4n) is 3.88. The number of fused-ring (bicyclic) bond motifs is 2. The van der Waals surface area contributed by atoms with E-state index in [-0.39, 0.29) is 30.0 Å². The molecule has 5 heteroatoms. The molecule has 0 unspecified atom stereocenters. The summed E-state index contributed by atoms with van der Waals surface area (Å²) in [5, 5.41) is 0. The predicted molar refractivity (Wildman–Crippen MR) is 94.1 cm³/mol. The summed E-state index contributed by atoms with van der Waals surface area (Å²) in [5.74, 6) is -1.29. The molecule has 1 aromatic carbocycles. The molecule has 4 nitrogen and oxygen atoms in total. The molecule has 24 heavy (non-hydrogen) atoms. The zero-order chi connectivity index (χ0) is 22.7. The Morgan fingerprint density at radius 1 is 1.29 bits per heavy atom. The summed E-state index contributed by atoms with van der Waals surface area (Å²) in [4.78, 5) is 13.0. The first-order chi connectivity index (χ1) is 13.5. The first kappa shape index (κ1) is 11.2. The van der Waals surface area contributed by atoms with Crippen LogP contribution in [0.1, 0.15) is 47.3 Å². The highest BCUT2D eigenvalue weighted by molar-refractivity contribution is 7.89. The number of nitrogens with zero attached hydrogens (tertiary/aromatic N) is 1. The molecule has 2 fully saturated rings. The maximum absolute atomic E-state index is 13.2. The SMILES string of the molecule is [2H]C([2H])([2H])C(=C1C(=O)C[C@]2(C)C[C@@H]1CN(S(=O)(=O)c1ccc(C)cc1)C2)C([2H])([2H])[2H]. The van der Waals surface area contributed by atoms with Crippen LogP contribution < -0.4 is 0 Å². The molecule has 1 aliphatic heterocycles. The Hall–Kier alpha value is -1.46. The van der Waals surface area contributed by atoms with Gasteiger partial charge in [-0.1, -0.05) is 30.2 Å². The van der Waals surface area contributed by atoms with Crippen LogP contribution in [0.4, 0.5) is 0 Å². The Bertz CT molecular complexity index is 979. The summed E-state index contributed by atoms with van der Waals surface area (Å²) in [7, 11) is -3.88. The summed E-state index contributed by atoms with van der Waals surface area (Å²) in [6.07, 6.45) is 0.276. The molecule has 2 aliphatic rings. The molecule has 1 aromatic rings. The van der Waals surface area contributed by atoms with Crippen molar-refractivity contribution in [1.82, 2.24) is 4.31 Å². The normalized spacial score (nSPS) is 32.8. The van der Waals surface area contributed by atoms with E-state index in [0.29, 0.717) is 6.42 Å². The highest BCUT2D eigenvalue weighted by Crippen LogP contribution is 2.46. The van der Waals surface area contributed by atoms with Crippen molar-refractivity contribution in [2.45, 2.75) is 45.3 Å². The molecule has 0 spiro atoms. The van der Waals surface area contributed by atoms with Crippen LogP contribution in [0.2, 0.25) is 0 Å². The monoisotopic (exact) mass is 353 g/mol. The smallest absolute Gasteiger partial charge is 0.243 e. The van der Waals surface area contributed by atoms with Gasteiger partial charge in [0.05, 0.1) is 4.90 Å². The Labute approximate surface area is 153 Å². The Kier molecular flexibility index (Phi) is 2.72. The van der Waals surface area contributed by atoms with Crippen LogP contribution in [0.5, 0.6) is 0 Å². The second-order valence-electron chi connectivity index (χ2n) is 7.21. The van der Waals surface area contributed by atoms with Gasteiger partial charge in [-0.15, -0.1) is 0 Å². The fraction of sp³-hybridized carbons (Fsp3) is 0.526. The van der Waals surface area contributed by atoms with Crippen LogP contribution in [0.15, 0.2) is 40.3 Å². The van der Waals surface area contributed by atoms with Crippen molar-refractivity contribution >= 4 is 15.8 Å². The number of Topliss-reactive ketones (excluding diaryl/α,β-unsaturated/α-hetero) is 1. The van der Waals surface area contributed by atoms with Gasteiger partial charge in [-0.25, -0.2) is 8.42 Å². The molecular formula is C19H25NO3S. The number of aryl methyl sites for hydroxylation is 1. The van der Waals surface area contributed by atoms with E-state index in [4.69, 9.17) is 8.22 Å². The van der Waals surface area contributed by atoms with Crippen molar-refractivity contribution in [1.29, 1.82) is 0 Å². The van der Waals surface area contributed by atoms with Crippen LogP contribution >= 0.6 is 0 Å². The average molecular weight is 354 g/mol. The van der Waals surface area contributed by atoms with Crippen LogP contribution in [-0.4, -0.2) is 31.6 Å². The molecule has 1 saturated carbocycles. The zero-order valence-corrected chi connectivity index (χ0v) is 14.6. The van der Waals surface area contributed by atoms with E-state index in [0.717, 1.165) is 5.56 Å². The average Bonchev–Trinajstić information content (AvgIpc) is 2.55. The summed E-state index contributed by atoms with van der Waals surface area (Å²) < 4.78 is 74.0. The van der Waals surface area contributed by atoms with E-state index >= 15 is 0 Å². The second kappa shape index (κ2) is 5.81. The number of hydrogen-bond acceptors (Lipinski definition) is 3. The van der Waals surface area contributed by atoms with Crippen LogP contribution in [0.25, 0.3) is 0 Å². The number of carbonyl (C=O) groups excluding carboxylic acids is 1. The van der Waals surface area contributed by atoms with Gasteiger partial charge < -0.3 is 0 Å². The van der Waals surface area contributed by atoms with Crippen molar-refractivity contribution in [2.75, 3.05) is 13.1 Å². The van der Waals surface area contributed by atoms with E-state index in [2.05, 4.69) is 0 Å². The highest BCUT2D eigenvalue weighted by atomic mass is 32.2. The zero-order valence-electron chi connectivity index (χ0n) is 19.8. The topological polar surface area (TPSA) is 54.5 Å². The number of sulfonamides is 1. The van der Waals surface area contributed by atoms with Gasteiger partial charge in [-0.2, -0.15) is 4.31 Å². The number of rotatable bonds is 2. The first-order valence-electron chi connectivity index (χ1n) is 10.9. The third kappa shape index (κ3) is 2.95. The Morgan fingerprint density at radius 2 is 1.96 bits per heavy atom. The molecule has 1 aliphatic carbocycles. The third-order valence-corrected chi connectivity index (χ3v) is 6.77. The molecule has 0 N–H and O–H groups in total. The summed E-state index contributed by atoms with van der Waals surface area (Å²) in [6, 6.07) is 6.40. The summed E-state index contributed by atoms with van der Waals surface area (Å²) >= 11 is 0. The maximum Gasteiger partial charge on any atom is 0.243 e. The molecular weight excluding hydrogens is 322 g/mol. The number of benzene rings is 1. The van der Waals surface area contributed by atoms with Gasteiger partial charge in [0, 0.05) is 33.7 Å². The lowest BCUT2D eigenvalue weighted by atomic mass is 9.65. The van der Waals surface area contributed by atoms with Crippen molar-refractivity contribution in [2.24, 2.45) is 11.3 Å². The van der Waals surface area contributed by atoms with Crippen LogP contribution in [-0.2, 0) is 14.8 Å². The van der Waals surface area contributed by atoms with Gasteiger partial charge in [0.15, 0.2) is 5.78 Å². The van der Waals surface area contributed by atoms with E-state index in [1.807, 2.05) is 6.92 Å². The summed E-state index contributed by atoms with van der Waals surface area (Å²) in [6.45, 7) is -2.31. The van der Waals surface area contributed by atoms with E-state index in [1.54, 1.807) is 19.1 Å². The third-order valence-electron chi connectivity index (χ3n) is 4.95. The lowest BCUT2D eigenvalue weighted by Crippen LogP contribution is -2.53. The van der Waals surface area contributed by atoms with Gasteiger partial charge >= 0.3 is 0 Å². The Balaban J connectivity index is 2.10. The van der Waals surface area contributed by atoms with Crippen LogP contribution in [0.3, 0.4) is 0 Å². The van der Waals surface area contributed by atoms with Gasteiger partial charge in [0.1, 0.15) is 0 Å². The second-order valence-corrected chi connectivity index (χ2v) is 9.15. The number of piperidine rings is 1. The molecule has 2 bridgehead atoms. The highest BCUT2D eigenvalue weighted by Gasteiger charge is 2.48. The van der Waals surface area contributed by atoms with Crippen molar-refractivity contribution in [3.05, 3.63) is 41.0 Å². The van der Waals surface area contributed by atoms with Crippen LogP contribution in [0, 0.1) is 18.3 Å². The van der Waals surface area contributed by atoms with Gasteiger partial charge in [0.2, 0.25) is 10.0 Å². The quantitative estimate of drug-likeness (QED) is 0.767. The lowest BCUT2D eigenvalue weighted by molar-refractivity contribution is -0.121. The maximum atomic E-state index is 13.2. The first-order valence-corrected chi connectivity index (χ1v) is 9.34.